The fourth-order valence-corrected chi connectivity index (χ4v) is 0.495. The zero-order valence-electron chi connectivity index (χ0n) is 6.13. The first-order valence-electron chi connectivity index (χ1n) is 3.15. The van der Waals surface area contributed by atoms with E-state index in [0.717, 1.165) is 0 Å². The molecule has 0 amide bonds. The average Bonchev–Trinajstić information content (AvgIpc) is 1.85. The lowest BCUT2D eigenvalue weighted by molar-refractivity contribution is 0.0247. The molecule has 0 aliphatic heterocycles. The van der Waals surface area contributed by atoms with Gasteiger partial charge in [0, 0.05) is 6.04 Å². The van der Waals surface area contributed by atoms with E-state index in [4.69, 9.17) is 11.6 Å². The van der Waals surface area contributed by atoms with Crippen molar-refractivity contribution in [3.8, 4) is 0 Å². The maximum atomic E-state index is 12.3. The van der Waals surface area contributed by atoms with E-state index < -0.39 is 11.8 Å². The molecule has 1 N–H and O–H groups in total. The molecule has 0 radical (unpaired) electrons. The van der Waals surface area contributed by atoms with Gasteiger partial charge >= 0.3 is 0 Å². The summed E-state index contributed by atoms with van der Waals surface area (Å²) < 4.78 is 24.6. The Kier molecular flexibility index (Phi) is 4.13. The normalized spacial score (nSPS) is 12.6. The van der Waals surface area contributed by atoms with Crippen LogP contribution in [0.15, 0.2) is 0 Å². The van der Waals surface area contributed by atoms with Gasteiger partial charge in [-0.25, -0.2) is 8.78 Å². The first-order chi connectivity index (χ1) is 4.48. The Labute approximate surface area is 64.7 Å². The van der Waals surface area contributed by atoms with Gasteiger partial charge in [-0.15, -0.1) is 11.6 Å². The van der Waals surface area contributed by atoms with Crippen LogP contribution in [0.5, 0.6) is 0 Å². The molecule has 0 atom stereocenters. The monoisotopic (exact) mass is 171 g/mol. The van der Waals surface area contributed by atoms with Gasteiger partial charge in [-0.3, -0.25) is 0 Å². The van der Waals surface area contributed by atoms with Gasteiger partial charge in [0.15, 0.2) is 0 Å². The summed E-state index contributed by atoms with van der Waals surface area (Å²) in [6.45, 7) is 3.28. The van der Waals surface area contributed by atoms with Crippen LogP contribution in [0.4, 0.5) is 8.78 Å². The van der Waals surface area contributed by atoms with Gasteiger partial charge in [0.05, 0.1) is 12.4 Å². The van der Waals surface area contributed by atoms with Crippen molar-refractivity contribution in [2.75, 3.05) is 12.4 Å². The summed E-state index contributed by atoms with van der Waals surface area (Å²) in [5.74, 6) is -3.39. The highest BCUT2D eigenvalue weighted by Gasteiger charge is 2.26. The predicted octanol–water partition coefficient (Wildman–Crippen LogP) is 1.86. The van der Waals surface area contributed by atoms with E-state index in [2.05, 4.69) is 5.32 Å². The largest absolute Gasteiger partial charge is 0.309 e. The SMILES string of the molecule is CC(C)NCC(F)(F)CCl. The number of alkyl halides is 3. The van der Waals surface area contributed by atoms with Crippen molar-refractivity contribution < 1.29 is 8.78 Å². The molecule has 0 bridgehead atoms. The minimum absolute atomic E-state index is 0.0779. The van der Waals surface area contributed by atoms with Crippen molar-refractivity contribution in [2.45, 2.75) is 25.8 Å². The number of hydrogen-bond acceptors (Lipinski definition) is 1. The summed E-state index contributed by atoms with van der Waals surface area (Å²) >= 11 is 4.99. The second kappa shape index (κ2) is 4.09. The van der Waals surface area contributed by atoms with E-state index in [1.54, 1.807) is 0 Å². The smallest absolute Gasteiger partial charge is 0.273 e. The molecule has 1 nitrogen and oxygen atoms in total. The van der Waals surface area contributed by atoms with Crippen LogP contribution >= 0.6 is 11.6 Å². The quantitative estimate of drug-likeness (QED) is 0.637. The topological polar surface area (TPSA) is 12.0 Å². The van der Waals surface area contributed by atoms with Crippen molar-refractivity contribution in [1.82, 2.24) is 5.32 Å². The Morgan fingerprint density at radius 3 is 2.30 bits per heavy atom. The number of halogens is 3. The lowest BCUT2D eigenvalue weighted by Crippen LogP contribution is -2.37. The highest BCUT2D eigenvalue weighted by molar-refractivity contribution is 6.18. The van der Waals surface area contributed by atoms with Crippen LogP contribution in [0.2, 0.25) is 0 Å². The second-order valence-corrected chi connectivity index (χ2v) is 2.79. The van der Waals surface area contributed by atoms with Gasteiger partial charge in [0.25, 0.3) is 5.92 Å². The molecule has 0 saturated carbocycles. The van der Waals surface area contributed by atoms with Gasteiger partial charge in [0.2, 0.25) is 0 Å². The molecule has 0 aromatic heterocycles. The van der Waals surface area contributed by atoms with E-state index in [1.807, 2.05) is 13.8 Å². The minimum Gasteiger partial charge on any atom is -0.309 e. The van der Waals surface area contributed by atoms with Crippen LogP contribution in [0.1, 0.15) is 13.8 Å². The van der Waals surface area contributed by atoms with Crippen LogP contribution in [-0.2, 0) is 0 Å². The van der Waals surface area contributed by atoms with Crippen LogP contribution < -0.4 is 5.32 Å². The molecule has 0 heterocycles. The first kappa shape index (κ1) is 10.1. The Bertz CT molecular complexity index is 95.7. The average molecular weight is 172 g/mol. The van der Waals surface area contributed by atoms with Gasteiger partial charge in [0.1, 0.15) is 0 Å². The highest BCUT2D eigenvalue weighted by Crippen LogP contribution is 2.13. The third kappa shape index (κ3) is 4.94. The van der Waals surface area contributed by atoms with Gasteiger partial charge in [-0.05, 0) is 0 Å². The molecule has 0 rings (SSSR count). The van der Waals surface area contributed by atoms with E-state index in [9.17, 15) is 8.78 Å². The molecule has 62 valence electrons. The third-order valence-electron chi connectivity index (χ3n) is 0.964. The van der Waals surface area contributed by atoms with E-state index in [0.29, 0.717) is 0 Å². The maximum absolute atomic E-state index is 12.3. The molecule has 0 aliphatic rings. The van der Waals surface area contributed by atoms with Gasteiger partial charge in [-0.2, -0.15) is 0 Å². The van der Waals surface area contributed by atoms with E-state index >= 15 is 0 Å². The van der Waals surface area contributed by atoms with Crippen molar-refractivity contribution in [2.24, 2.45) is 0 Å². The Morgan fingerprint density at radius 1 is 1.50 bits per heavy atom. The molecular formula is C6H12ClF2N. The lowest BCUT2D eigenvalue weighted by Gasteiger charge is -2.15. The fourth-order valence-electron chi connectivity index (χ4n) is 0.401. The molecule has 4 heteroatoms. The Morgan fingerprint density at radius 2 is 2.00 bits per heavy atom. The molecule has 0 fully saturated rings. The number of rotatable bonds is 4. The molecule has 0 aromatic carbocycles. The van der Waals surface area contributed by atoms with Crippen LogP contribution in [0.3, 0.4) is 0 Å². The standard InChI is InChI=1S/C6H12ClF2N/c1-5(2)10-4-6(8,9)3-7/h5,10H,3-4H2,1-2H3. The van der Waals surface area contributed by atoms with Gasteiger partial charge in [-0.1, -0.05) is 13.8 Å². The van der Waals surface area contributed by atoms with Crippen LogP contribution in [-0.4, -0.2) is 24.4 Å². The van der Waals surface area contributed by atoms with Crippen LogP contribution in [0, 0.1) is 0 Å². The molecule has 0 saturated heterocycles. The zero-order valence-corrected chi connectivity index (χ0v) is 6.88. The van der Waals surface area contributed by atoms with E-state index in [1.165, 1.54) is 0 Å². The molecule has 0 aliphatic carbocycles. The molecule has 10 heavy (non-hydrogen) atoms. The first-order valence-corrected chi connectivity index (χ1v) is 3.68. The summed E-state index contributed by atoms with van der Waals surface area (Å²) in [5, 5.41) is 2.60. The summed E-state index contributed by atoms with van der Waals surface area (Å²) in [6.07, 6.45) is 0. The van der Waals surface area contributed by atoms with Gasteiger partial charge < -0.3 is 5.32 Å². The Balaban J connectivity index is 3.46. The summed E-state index contributed by atoms with van der Waals surface area (Å²) in [6, 6.07) is 0.0779. The fraction of sp³-hybridized carbons (Fsp3) is 1.00. The maximum Gasteiger partial charge on any atom is 0.273 e. The van der Waals surface area contributed by atoms with Crippen LogP contribution in [0.25, 0.3) is 0 Å². The molecular weight excluding hydrogens is 160 g/mol. The lowest BCUT2D eigenvalue weighted by atomic mass is 10.3. The second-order valence-electron chi connectivity index (χ2n) is 2.53. The highest BCUT2D eigenvalue weighted by atomic mass is 35.5. The molecule has 0 unspecified atom stereocenters. The van der Waals surface area contributed by atoms with Crippen molar-refractivity contribution in [3.63, 3.8) is 0 Å². The summed E-state index contributed by atoms with van der Waals surface area (Å²) in [5.41, 5.74) is 0. The van der Waals surface area contributed by atoms with E-state index in [-0.39, 0.29) is 12.6 Å². The minimum atomic E-state index is -2.77. The Hall–Kier alpha value is 0.110. The van der Waals surface area contributed by atoms with Crippen molar-refractivity contribution >= 4 is 11.6 Å². The summed E-state index contributed by atoms with van der Waals surface area (Å²) in [4.78, 5) is 0. The van der Waals surface area contributed by atoms with Crippen molar-refractivity contribution in [1.29, 1.82) is 0 Å². The van der Waals surface area contributed by atoms with Crippen molar-refractivity contribution in [3.05, 3.63) is 0 Å². The molecule has 0 spiro atoms. The zero-order chi connectivity index (χ0) is 8.20. The molecule has 0 aromatic rings. The number of hydrogen-bond donors (Lipinski definition) is 1. The third-order valence-corrected chi connectivity index (χ3v) is 1.36. The predicted molar refractivity (Wildman–Crippen MR) is 38.8 cm³/mol. The number of nitrogens with one attached hydrogen (secondary N) is 1. The summed E-state index contributed by atoms with van der Waals surface area (Å²) in [7, 11) is 0.